The van der Waals surface area contributed by atoms with Crippen LogP contribution in [0.1, 0.15) is 24.8 Å². The third kappa shape index (κ3) is 5.36. The van der Waals surface area contributed by atoms with Gasteiger partial charge in [0.15, 0.2) is 5.82 Å². The predicted molar refractivity (Wildman–Crippen MR) is 121 cm³/mol. The van der Waals surface area contributed by atoms with Crippen molar-refractivity contribution in [1.29, 1.82) is 0 Å². The standard InChI is InChI=1S/C23H26N4O2S/c28-30(29,18-15-19-7-3-1-4-8-19)26-21-11-9-20(10-12-21)22-13-14-23(25-24-22)27-16-5-2-6-17-27/h1,3-4,7-14,26H,2,5-6,15-18H2. The lowest BCUT2D eigenvalue weighted by Crippen LogP contribution is -2.30. The third-order valence-electron chi connectivity index (χ3n) is 5.29. The van der Waals surface area contributed by atoms with Crippen molar-refractivity contribution in [3.05, 3.63) is 72.3 Å². The fourth-order valence-corrected chi connectivity index (χ4v) is 4.71. The summed E-state index contributed by atoms with van der Waals surface area (Å²) in [5.74, 6) is 0.962. The molecule has 6 nitrogen and oxygen atoms in total. The quantitative estimate of drug-likeness (QED) is 0.620. The van der Waals surface area contributed by atoms with Gasteiger partial charge in [-0.05, 0) is 55.5 Å². The number of hydrogen-bond acceptors (Lipinski definition) is 5. The van der Waals surface area contributed by atoms with Crippen LogP contribution in [0.3, 0.4) is 0 Å². The molecule has 0 bridgehead atoms. The lowest BCUT2D eigenvalue weighted by atomic mass is 10.1. The maximum Gasteiger partial charge on any atom is 0.233 e. The first-order valence-corrected chi connectivity index (χ1v) is 12.0. The zero-order valence-corrected chi connectivity index (χ0v) is 17.7. The number of nitrogens with zero attached hydrogens (tertiary/aromatic N) is 3. The van der Waals surface area contributed by atoms with Crippen LogP contribution in [0.5, 0.6) is 0 Å². The van der Waals surface area contributed by atoms with Crippen LogP contribution < -0.4 is 9.62 Å². The second kappa shape index (κ2) is 9.26. The molecule has 2 aromatic carbocycles. The normalized spacial score (nSPS) is 14.5. The maximum absolute atomic E-state index is 12.4. The molecule has 0 atom stereocenters. The molecule has 0 radical (unpaired) electrons. The summed E-state index contributed by atoms with van der Waals surface area (Å²) in [6, 6.07) is 20.8. The van der Waals surface area contributed by atoms with Gasteiger partial charge >= 0.3 is 0 Å². The van der Waals surface area contributed by atoms with Gasteiger partial charge in [-0.2, -0.15) is 0 Å². The third-order valence-corrected chi connectivity index (χ3v) is 6.58. The van der Waals surface area contributed by atoms with Gasteiger partial charge in [-0.25, -0.2) is 8.42 Å². The highest BCUT2D eigenvalue weighted by atomic mass is 32.2. The van der Waals surface area contributed by atoms with Crippen LogP contribution in [0.2, 0.25) is 0 Å². The van der Waals surface area contributed by atoms with E-state index in [1.165, 1.54) is 19.3 Å². The van der Waals surface area contributed by atoms with Crippen LogP contribution in [0.15, 0.2) is 66.7 Å². The Morgan fingerprint density at radius 3 is 2.23 bits per heavy atom. The molecule has 0 aliphatic carbocycles. The number of anilines is 2. The molecule has 1 aromatic heterocycles. The smallest absolute Gasteiger partial charge is 0.233 e. The van der Waals surface area contributed by atoms with Gasteiger partial charge in [0.1, 0.15) is 0 Å². The van der Waals surface area contributed by atoms with Gasteiger partial charge < -0.3 is 4.90 Å². The van der Waals surface area contributed by atoms with Crippen LogP contribution in [0, 0.1) is 0 Å². The molecule has 1 N–H and O–H groups in total. The molecule has 156 valence electrons. The van der Waals surface area contributed by atoms with E-state index < -0.39 is 10.0 Å². The van der Waals surface area contributed by atoms with E-state index in [4.69, 9.17) is 0 Å². The summed E-state index contributed by atoms with van der Waals surface area (Å²) < 4.78 is 27.4. The Bertz CT molecular complexity index is 1050. The Morgan fingerprint density at radius 1 is 0.833 bits per heavy atom. The Morgan fingerprint density at radius 2 is 1.57 bits per heavy atom. The molecule has 7 heteroatoms. The summed E-state index contributed by atoms with van der Waals surface area (Å²) >= 11 is 0. The fourth-order valence-electron chi connectivity index (χ4n) is 3.61. The van der Waals surface area contributed by atoms with Crippen LogP contribution in [0.4, 0.5) is 11.5 Å². The van der Waals surface area contributed by atoms with E-state index in [2.05, 4.69) is 19.8 Å². The molecule has 1 saturated heterocycles. The summed E-state index contributed by atoms with van der Waals surface area (Å²) in [6.45, 7) is 2.07. The van der Waals surface area contributed by atoms with Crippen LogP contribution >= 0.6 is 0 Å². The number of nitrogens with one attached hydrogen (secondary N) is 1. The molecule has 1 aliphatic heterocycles. The van der Waals surface area contributed by atoms with E-state index in [-0.39, 0.29) is 5.75 Å². The first-order chi connectivity index (χ1) is 14.6. The van der Waals surface area contributed by atoms with Crippen LogP contribution in [-0.2, 0) is 16.4 Å². The van der Waals surface area contributed by atoms with Crippen LogP contribution in [0.25, 0.3) is 11.3 Å². The lowest BCUT2D eigenvalue weighted by Gasteiger charge is -2.27. The van der Waals surface area contributed by atoms with Crippen LogP contribution in [-0.4, -0.2) is 37.5 Å². The van der Waals surface area contributed by atoms with Crippen molar-refractivity contribution in [3.8, 4) is 11.3 Å². The predicted octanol–water partition coefficient (Wildman–Crippen LogP) is 4.12. The van der Waals surface area contributed by atoms with Gasteiger partial charge in [-0.3, -0.25) is 4.72 Å². The monoisotopic (exact) mass is 422 g/mol. The first-order valence-electron chi connectivity index (χ1n) is 10.3. The Kier molecular flexibility index (Phi) is 6.28. The number of rotatable bonds is 7. The molecule has 0 unspecified atom stereocenters. The van der Waals surface area contributed by atoms with E-state index in [1.807, 2.05) is 54.6 Å². The zero-order chi connectivity index (χ0) is 20.8. The van der Waals surface area contributed by atoms with Gasteiger partial charge in [0.2, 0.25) is 10.0 Å². The summed E-state index contributed by atoms with van der Waals surface area (Å²) in [4.78, 5) is 2.27. The molecule has 0 spiro atoms. The molecule has 2 heterocycles. The van der Waals surface area contributed by atoms with Crippen molar-refractivity contribution in [1.82, 2.24) is 10.2 Å². The SMILES string of the molecule is O=S(=O)(CCc1ccccc1)Nc1ccc(-c2ccc(N3CCCCC3)nn2)cc1. The summed E-state index contributed by atoms with van der Waals surface area (Å²) in [5, 5.41) is 8.74. The Labute approximate surface area is 178 Å². The number of sulfonamides is 1. The van der Waals surface area contributed by atoms with E-state index in [1.54, 1.807) is 12.1 Å². The molecule has 0 saturated carbocycles. The molecule has 1 aliphatic rings. The summed E-state index contributed by atoms with van der Waals surface area (Å²) in [7, 11) is -3.41. The molecule has 0 amide bonds. The molecular formula is C23H26N4O2S. The largest absolute Gasteiger partial charge is 0.355 e. The van der Waals surface area contributed by atoms with Gasteiger partial charge in [0.25, 0.3) is 0 Å². The van der Waals surface area contributed by atoms with Crippen molar-refractivity contribution in [3.63, 3.8) is 0 Å². The highest BCUT2D eigenvalue weighted by Gasteiger charge is 2.13. The van der Waals surface area contributed by atoms with Crippen molar-refractivity contribution >= 4 is 21.5 Å². The van der Waals surface area contributed by atoms with Crippen molar-refractivity contribution in [2.24, 2.45) is 0 Å². The topological polar surface area (TPSA) is 75.2 Å². The van der Waals surface area contributed by atoms with Gasteiger partial charge in [0.05, 0.1) is 11.4 Å². The average molecular weight is 423 g/mol. The second-order valence-corrected chi connectivity index (χ2v) is 9.40. The Hall–Kier alpha value is -2.93. The minimum absolute atomic E-state index is 0.0439. The molecule has 3 aromatic rings. The molecule has 4 rings (SSSR count). The summed E-state index contributed by atoms with van der Waals surface area (Å²) in [5.41, 5.74) is 3.23. The van der Waals surface area contributed by atoms with E-state index in [9.17, 15) is 8.42 Å². The number of benzene rings is 2. The highest BCUT2D eigenvalue weighted by molar-refractivity contribution is 7.92. The lowest BCUT2D eigenvalue weighted by molar-refractivity contribution is 0.571. The summed E-state index contributed by atoms with van der Waals surface area (Å²) in [6.07, 6.45) is 4.16. The first kappa shape index (κ1) is 20.3. The number of aryl methyl sites for hydroxylation is 1. The van der Waals surface area contributed by atoms with Crippen molar-refractivity contribution in [2.45, 2.75) is 25.7 Å². The zero-order valence-electron chi connectivity index (χ0n) is 16.9. The minimum atomic E-state index is -3.41. The highest BCUT2D eigenvalue weighted by Crippen LogP contribution is 2.22. The number of piperidine rings is 1. The molecule has 30 heavy (non-hydrogen) atoms. The van der Waals surface area contributed by atoms with Gasteiger partial charge in [-0.1, -0.05) is 42.5 Å². The van der Waals surface area contributed by atoms with Gasteiger partial charge in [0, 0.05) is 24.3 Å². The molecular weight excluding hydrogens is 396 g/mol. The minimum Gasteiger partial charge on any atom is -0.355 e. The van der Waals surface area contributed by atoms with Crippen molar-refractivity contribution < 1.29 is 8.42 Å². The Balaban J connectivity index is 1.37. The number of aromatic nitrogens is 2. The fraction of sp³-hybridized carbons (Fsp3) is 0.304. The molecule has 1 fully saturated rings. The van der Waals surface area contributed by atoms with Crippen molar-refractivity contribution in [2.75, 3.05) is 28.5 Å². The van der Waals surface area contributed by atoms with E-state index in [0.717, 1.165) is 35.7 Å². The average Bonchev–Trinajstić information content (AvgIpc) is 2.80. The van der Waals surface area contributed by atoms with Gasteiger partial charge in [-0.15, -0.1) is 10.2 Å². The van der Waals surface area contributed by atoms with E-state index in [0.29, 0.717) is 12.1 Å². The maximum atomic E-state index is 12.4. The second-order valence-electron chi connectivity index (χ2n) is 7.56. The van der Waals surface area contributed by atoms with E-state index >= 15 is 0 Å². The number of hydrogen-bond donors (Lipinski definition) is 1.